The zero-order valence-electron chi connectivity index (χ0n) is 16.9. The van der Waals surface area contributed by atoms with E-state index in [1.165, 1.54) is 11.8 Å². The molecule has 2 heterocycles. The lowest BCUT2D eigenvalue weighted by atomic mass is 10.2. The molecule has 0 unspecified atom stereocenters. The van der Waals surface area contributed by atoms with Crippen molar-refractivity contribution in [3.63, 3.8) is 0 Å². The minimum absolute atomic E-state index is 0.0413. The number of thioether (sulfide) groups is 1. The van der Waals surface area contributed by atoms with Gasteiger partial charge in [-0.25, -0.2) is 0 Å². The summed E-state index contributed by atoms with van der Waals surface area (Å²) in [5, 5.41) is 12.4. The van der Waals surface area contributed by atoms with Crippen molar-refractivity contribution in [1.29, 1.82) is 0 Å². The number of ketones is 1. The Kier molecular flexibility index (Phi) is 5.67. The van der Waals surface area contributed by atoms with E-state index in [4.69, 9.17) is 4.74 Å². The molecule has 8 heteroatoms. The van der Waals surface area contributed by atoms with Crippen LogP contribution in [0.1, 0.15) is 21.7 Å². The predicted molar refractivity (Wildman–Crippen MR) is 116 cm³/mol. The molecule has 0 saturated carbocycles. The van der Waals surface area contributed by atoms with Gasteiger partial charge in [-0.2, -0.15) is 4.68 Å². The van der Waals surface area contributed by atoms with E-state index in [9.17, 15) is 4.79 Å². The van der Waals surface area contributed by atoms with Gasteiger partial charge in [-0.05, 0) is 66.7 Å². The minimum Gasteiger partial charge on any atom is -0.497 e. The normalized spacial score (nSPS) is 10.9. The molecule has 7 nitrogen and oxygen atoms in total. The van der Waals surface area contributed by atoms with Crippen LogP contribution in [0.25, 0.3) is 11.4 Å². The Balaban J connectivity index is 1.52. The highest BCUT2D eigenvalue weighted by Gasteiger charge is 2.18. The molecule has 4 aromatic rings. The van der Waals surface area contributed by atoms with E-state index in [2.05, 4.69) is 20.1 Å². The average Bonchev–Trinajstić information content (AvgIpc) is 3.36. The van der Waals surface area contributed by atoms with Crippen molar-refractivity contribution < 1.29 is 9.53 Å². The first kappa shape index (κ1) is 19.9. The zero-order chi connectivity index (χ0) is 21.1. The zero-order valence-corrected chi connectivity index (χ0v) is 17.8. The maximum atomic E-state index is 13.0. The van der Waals surface area contributed by atoms with Crippen molar-refractivity contribution in [2.75, 3.05) is 12.9 Å². The third-order valence-electron chi connectivity index (χ3n) is 4.84. The Labute approximate surface area is 178 Å². The van der Waals surface area contributed by atoms with Gasteiger partial charge in [0.05, 0.1) is 18.6 Å². The van der Waals surface area contributed by atoms with E-state index < -0.39 is 0 Å². The first-order chi connectivity index (χ1) is 14.6. The number of aryl methyl sites for hydroxylation is 1. The largest absolute Gasteiger partial charge is 0.497 e. The van der Waals surface area contributed by atoms with Crippen LogP contribution in [0.3, 0.4) is 0 Å². The van der Waals surface area contributed by atoms with Gasteiger partial charge in [0.2, 0.25) is 5.16 Å². The number of benzene rings is 2. The van der Waals surface area contributed by atoms with E-state index >= 15 is 0 Å². The molecule has 0 amide bonds. The van der Waals surface area contributed by atoms with E-state index in [1.807, 2.05) is 74.5 Å². The van der Waals surface area contributed by atoms with Gasteiger partial charge in [0.15, 0.2) is 5.78 Å². The Morgan fingerprint density at radius 2 is 1.77 bits per heavy atom. The third-order valence-corrected chi connectivity index (χ3v) is 5.76. The molecular formula is C22H21N5O2S. The first-order valence-corrected chi connectivity index (χ1v) is 10.4. The summed E-state index contributed by atoms with van der Waals surface area (Å²) in [7, 11) is 1.62. The highest BCUT2D eigenvalue weighted by atomic mass is 32.2. The van der Waals surface area contributed by atoms with Crippen LogP contribution in [0.2, 0.25) is 0 Å². The van der Waals surface area contributed by atoms with Gasteiger partial charge in [-0.3, -0.25) is 4.79 Å². The molecule has 152 valence electrons. The summed E-state index contributed by atoms with van der Waals surface area (Å²) in [6, 6.07) is 19.4. The summed E-state index contributed by atoms with van der Waals surface area (Å²) < 4.78 is 8.90. The fraction of sp³-hybridized carbons (Fsp3) is 0.182. The molecule has 0 N–H and O–H groups in total. The lowest BCUT2D eigenvalue weighted by molar-refractivity contribution is 0.102. The summed E-state index contributed by atoms with van der Waals surface area (Å²) in [6.07, 6.45) is 0. The van der Waals surface area contributed by atoms with Crippen LogP contribution >= 0.6 is 11.8 Å². The van der Waals surface area contributed by atoms with E-state index in [1.54, 1.807) is 11.8 Å². The number of methoxy groups -OCH3 is 1. The first-order valence-electron chi connectivity index (χ1n) is 9.41. The lowest BCUT2D eigenvalue weighted by Gasteiger charge is -2.09. The lowest BCUT2D eigenvalue weighted by Crippen LogP contribution is -2.07. The number of hydrogen-bond donors (Lipinski definition) is 0. The number of Topliss-reactive ketones (excluding diaryl/α,β-unsaturated/α-hetero) is 1. The van der Waals surface area contributed by atoms with Crippen molar-refractivity contribution >= 4 is 17.5 Å². The number of ether oxygens (including phenoxy) is 1. The topological polar surface area (TPSA) is 74.8 Å². The van der Waals surface area contributed by atoms with Crippen LogP contribution < -0.4 is 4.74 Å². The Hall–Kier alpha value is -3.39. The molecule has 0 saturated heterocycles. The molecular weight excluding hydrogens is 398 g/mol. The van der Waals surface area contributed by atoms with Crippen molar-refractivity contribution in [2.45, 2.75) is 19.0 Å². The molecule has 0 aliphatic rings. The quantitative estimate of drug-likeness (QED) is 0.332. The smallest absolute Gasteiger partial charge is 0.214 e. The molecule has 0 radical (unpaired) electrons. The Morgan fingerprint density at radius 3 is 2.47 bits per heavy atom. The second-order valence-electron chi connectivity index (χ2n) is 6.74. The predicted octanol–water partition coefficient (Wildman–Crippen LogP) is 4.05. The molecule has 0 aliphatic heterocycles. The van der Waals surface area contributed by atoms with Crippen LogP contribution in [-0.2, 0) is 0 Å². The number of hydrogen-bond acceptors (Lipinski definition) is 6. The summed E-state index contributed by atoms with van der Waals surface area (Å²) in [4.78, 5) is 13.0. The maximum Gasteiger partial charge on any atom is 0.214 e. The summed E-state index contributed by atoms with van der Waals surface area (Å²) >= 11 is 1.32. The van der Waals surface area contributed by atoms with Crippen LogP contribution in [0.4, 0.5) is 0 Å². The summed E-state index contributed by atoms with van der Waals surface area (Å²) in [6.45, 7) is 3.98. The number of tetrazole rings is 1. The van der Waals surface area contributed by atoms with E-state index in [-0.39, 0.29) is 11.5 Å². The van der Waals surface area contributed by atoms with Gasteiger partial charge >= 0.3 is 0 Å². The van der Waals surface area contributed by atoms with Gasteiger partial charge in [0, 0.05) is 22.6 Å². The standard InChI is InChI=1S/C22H21N5O2S/c1-15-13-20(16(2)26(15)17-7-5-4-6-8-17)21(28)14-30-22-23-24-25-27(22)18-9-11-19(29-3)12-10-18/h4-13H,14H2,1-3H3. The van der Waals surface area contributed by atoms with E-state index in [0.717, 1.165) is 28.5 Å². The molecule has 0 aliphatic carbocycles. The molecule has 2 aromatic heterocycles. The molecule has 0 spiro atoms. The number of aromatic nitrogens is 5. The van der Waals surface area contributed by atoms with Crippen molar-refractivity contribution in [3.05, 3.63) is 77.6 Å². The van der Waals surface area contributed by atoms with Gasteiger partial charge in [0.1, 0.15) is 5.75 Å². The van der Waals surface area contributed by atoms with Gasteiger partial charge < -0.3 is 9.30 Å². The van der Waals surface area contributed by atoms with Crippen molar-refractivity contribution in [2.24, 2.45) is 0 Å². The van der Waals surface area contributed by atoms with Crippen molar-refractivity contribution in [3.8, 4) is 17.1 Å². The summed E-state index contributed by atoms with van der Waals surface area (Å²) in [5.41, 5.74) is 4.52. The number of nitrogens with zero attached hydrogens (tertiary/aromatic N) is 5. The van der Waals surface area contributed by atoms with E-state index in [0.29, 0.717) is 10.7 Å². The van der Waals surface area contributed by atoms with Crippen LogP contribution in [0.15, 0.2) is 65.8 Å². The third kappa shape index (κ3) is 3.86. The van der Waals surface area contributed by atoms with Gasteiger partial charge in [0.25, 0.3) is 0 Å². The second-order valence-corrected chi connectivity index (χ2v) is 7.68. The Morgan fingerprint density at radius 1 is 1.03 bits per heavy atom. The average molecular weight is 420 g/mol. The Bertz CT molecular complexity index is 1170. The maximum absolute atomic E-state index is 13.0. The molecule has 0 fully saturated rings. The number of carbonyl (C=O) groups excluding carboxylic acids is 1. The number of carbonyl (C=O) groups is 1. The van der Waals surface area contributed by atoms with Crippen molar-refractivity contribution in [1.82, 2.24) is 24.8 Å². The highest BCUT2D eigenvalue weighted by Crippen LogP contribution is 2.25. The van der Waals surface area contributed by atoms with Crippen LogP contribution in [0.5, 0.6) is 5.75 Å². The number of para-hydroxylation sites is 1. The fourth-order valence-electron chi connectivity index (χ4n) is 3.38. The van der Waals surface area contributed by atoms with Crippen LogP contribution in [0, 0.1) is 13.8 Å². The molecule has 30 heavy (non-hydrogen) atoms. The molecule has 0 atom stereocenters. The van der Waals surface area contributed by atoms with Gasteiger partial charge in [-0.15, -0.1) is 5.10 Å². The molecule has 2 aromatic carbocycles. The minimum atomic E-state index is 0.0413. The SMILES string of the molecule is COc1ccc(-n2nnnc2SCC(=O)c2cc(C)n(-c3ccccc3)c2C)cc1. The molecule has 4 rings (SSSR count). The van der Waals surface area contributed by atoms with Crippen LogP contribution in [-0.4, -0.2) is 43.4 Å². The second kappa shape index (κ2) is 8.54. The monoisotopic (exact) mass is 419 g/mol. The highest BCUT2D eigenvalue weighted by molar-refractivity contribution is 7.99. The summed E-state index contributed by atoms with van der Waals surface area (Å²) in [5.74, 6) is 1.04. The fourth-order valence-corrected chi connectivity index (χ4v) is 4.16. The molecule has 0 bridgehead atoms. The van der Waals surface area contributed by atoms with Gasteiger partial charge in [-0.1, -0.05) is 30.0 Å². The number of rotatable bonds is 7.